The van der Waals surface area contributed by atoms with Crippen molar-refractivity contribution < 1.29 is 14.4 Å². The minimum absolute atomic E-state index is 0.0511. The van der Waals surface area contributed by atoms with E-state index in [2.05, 4.69) is 19.2 Å². The van der Waals surface area contributed by atoms with Gasteiger partial charge in [-0.25, -0.2) is 0 Å². The van der Waals surface area contributed by atoms with E-state index in [0.717, 1.165) is 25.5 Å². The van der Waals surface area contributed by atoms with Gasteiger partial charge < -0.3 is 15.0 Å². The van der Waals surface area contributed by atoms with E-state index in [1.165, 1.54) is 13.3 Å². The van der Waals surface area contributed by atoms with Gasteiger partial charge in [0, 0.05) is 13.5 Å². The van der Waals surface area contributed by atoms with Gasteiger partial charge in [-0.15, -0.1) is 0 Å². The number of hydrogen-bond acceptors (Lipinski definition) is 3. The molecule has 0 aromatic carbocycles. The molecule has 1 saturated heterocycles. The standard InChI is InChI=1S/C17H26N2O3/c1-10(21)19-8-13-14(17(13,2)3)15(19)16(22)18-12(9-20)7-11-5-4-6-11/h9,11-15H,4-8H2,1-3H3,(H,18,22)/t12?,13-,14-,15?/m0/s1. The van der Waals surface area contributed by atoms with Crippen molar-refractivity contribution >= 4 is 18.1 Å². The number of likely N-dealkylation sites (tertiary alicyclic amines) is 1. The molecule has 3 aliphatic rings. The summed E-state index contributed by atoms with van der Waals surface area (Å²) in [5, 5.41) is 2.89. The Morgan fingerprint density at radius 3 is 2.55 bits per heavy atom. The van der Waals surface area contributed by atoms with E-state index in [4.69, 9.17) is 0 Å². The second-order valence-electron chi connectivity index (χ2n) is 7.85. The Hall–Kier alpha value is -1.39. The lowest BCUT2D eigenvalue weighted by Gasteiger charge is -2.31. The Labute approximate surface area is 131 Å². The highest BCUT2D eigenvalue weighted by Crippen LogP contribution is 2.64. The molecule has 3 fully saturated rings. The Morgan fingerprint density at radius 1 is 1.36 bits per heavy atom. The molecule has 3 rings (SSSR count). The Morgan fingerprint density at radius 2 is 2.05 bits per heavy atom. The molecule has 0 radical (unpaired) electrons. The zero-order chi connectivity index (χ0) is 16.1. The summed E-state index contributed by atoms with van der Waals surface area (Å²) >= 11 is 0. The number of nitrogens with zero attached hydrogens (tertiary/aromatic N) is 1. The smallest absolute Gasteiger partial charge is 0.243 e. The topological polar surface area (TPSA) is 66.5 Å². The lowest BCUT2D eigenvalue weighted by molar-refractivity contribution is -0.139. The average Bonchev–Trinajstić information content (AvgIpc) is 2.79. The summed E-state index contributed by atoms with van der Waals surface area (Å²) in [7, 11) is 0. The van der Waals surface area contributed by atoms with Crippen LogP contribution < -0.4 is 5.32 Å². The minimum atomic E-state index is -0.410. The molecule has 2 amide bonds. The molecule has 4 atom stereocenters. The third kappa shape index (κ3) is 2.44. The molecule has 0 spiro atoms. The highest BCUT2D eigenvalue weighted by molar-refractivity contribution is 5.90. The average molecular weight is 306 g/mol. The summed E-state index contributed by atoms with van der Waals surface area (Å²) in [6.45, 7) is 6.50. The van der Waals surface area contributed by atoms with Gasteiger partial charge in [-0.2, -0.15) is 0 Å². The zero-order valence-electron chi connectivity index (χ0n) is 13.7. The number of piperidine rings is 1. The van der Waals surface area contributed by atoms with Crippen LogP contribution in [0.4, 0.5) is 0 Å². The summed E-state index contributed by atoms with van der Waals surface area (Å²) in [5.74, 6) is 1.00. The second kappa shape index (κ2) is 5.36. The number of fused-ring (bicyclic) bond motifs is 1. The molecule has 1 heterocycles. The maximum Gasteiger partial charge on any atom is 0.243 e. The third-order valence-electron chi connectivity index (χ3n) is 6.19. The van der Waals surface area contributed by atoms with Gasteiger partial charge in [-0.3, -0.25) is 9.59 Å². The number of amides is 2. The molecule has 2 aliphatic carbocycles. The molecule has 22 heavy (non-hydrogen) atoms. The van der Waals surface area contributed by atoms with E-state index < -0.39 is 12.1 Å². The molecule has 2 unspecified atom stereocenters. The van der Waals surface area contributed by atoms with Crippen LogP contribution in [0.15, 0.2) is 0 Å². The van der Waals surface area contributed by atoms with Crippen LogP contribution in [-0.2, 0) is 14.4 Å². The summed E-state index contributed by atoms with van der Waals surface area (Å²) in [4.78, 5) is 37.4. The van der Waals surface area contributed by atoms with Crippen molar-refractivity contribution in [2.45, 2.75) is 58.5 Å². The lowest BCUT2D eigenvalue weighted by atomic mass is 9.81. The maximum atomic E-state index is 12.7. The fourth-order valence-corrected chi connectivity index (χ4v) is 4.41. The first kappa shape index (κ1) is 15.5. The molecule has 1 aliphatic heterocycles. The fourth-order valence-electron chi connectivity index (χ4n) is 4.41. The first-order chi connectivity index (χ1) is 10.4. The van der Waals surface area contributed by atoms with E-state index in [-0.39, 0.29) is 23.1 Å². The van der Waals surface area contributed by atoms with Crippen LogP contribution in [0.3, 0.4) is 0 Å². The molecule has 5 heteroatoms. The lowest BCUT2D eigenvalue weighted by Crippen LogP contribution is -2.52. The van der Waals surface area contributed by atoms with Crippen molar-refractivity contribution in [3.05, 3.63) is 0 Å². The molecule has 0 aromatic rings. The number of hydrogen-bond donors (Lipinski definition) is 1. The highest BCUT2D eigenvalue weighted by Gasteiger charge is 2.69. The third-order valence-corrected chi connectivity index (χ3v) is 6.19. The van der Waals surface area contributed by atoms with E-state index in [0.29, 0.717) is 18.4 Å². The van der Waals surface area contributed by atoms with Crippen LogP contribution in [-0.4, -0.2) is 41.6 Å². The number of rotatable bonds is 5. The summed E-state index contributed by atoms with van der Waals surface area (Å²) < 4.78 is 0. The number of carbonyl (C=O) groups is 3. The SMILES string of the molecule is CC(=O)N1C[C@H]2[C@@H](C1C(=O)NC(C=O)CC1CCC1)C2(C)C. The Kier molecular flexibility index (Phi) is 3.77. The van der Waals surface area contributed by atoms with Crippen LogP contribution in [0, 0.1) is 23.2 Å². The highest BCUT2D eigenvalue weighted by atomic mass is 16.2. The molecule has 5 nitrogen and oxygen atoms in total. The fraction of sp³-hybridized carbons (Fsp3) is 0.824. The normalized spacial score (nSPS) is 33.6. The minimum Gasteiger partial charge on any atom is -0.345 e. The van der Waals surface area contributed by atoms with Gasteiger partial charge in [0.15, 0.2) is 0 Å². The van der Waals surface area contributed by atoms with Gasteiger partial charge in [0.1, 0.15) is 12.3 Å². The van der Waals surface area contributed by atoms with Crippen LogP contribution in [0.25, 0.3) is 0 Å². The number of carbonyl (C=O) groups excluding carboxylic acids is 3. The molecule has 122 valence electrons. The van der Waals surface area contributed by atoms with Gasteiger partial charge in [0.2, 0.25) is 11.8 Å². The summed E-state index contributed by atoms with van der Waals surface area (Å²) in [6, 6.07) is -0.811. The van der Waals surface area contributed by atoms with Crippen molar-refractivity contribution in [3.8, 4) is 0 Å². The van der Waals surface area contributed by atoms with Gasteiger partial charge in [0.25, 0.3) is 0 Å². The molecule has 0 bridgehead atoms. The molecular formula is C17H26N2O3. The van der Waals surface area contributed by atoms with Gasteiger partial charge >= 0.3 is 0 Å². The van der Waals surface area contributed by atoms with Crippen molar-refractivity contribution in [1.82, 2.24) is 10.2 Å². The van der Waals surface area contributed by atoms with Gasteiger partial charge in [0.05, 0.1) is 6.04 Å². The number of aldehydes is 1. The largest absolute Gasteiger partial charge is 0.345 e. The van der Waals surface area contributed by atoms with Crippen LogP contribution in [0.1, 0.15) is 46.5 Å². The van der Waals surface area contributed by atoms with E-state index in [1.54, 1.807) is 4.90 Å². The molecular weight excluding hydrogens is 280 g/mol. The van der Waals surface area contributed by atoms with Crippen molar-refractivity contribution in [2.24, 2.45) is 23.2 Å². The van der Waals surface area contributed by atoms with Crippen LogP contribution in [0.5, 0.6) is 0 Å². The molecule has 2 saturated carbocycles. The molecule has 0 aromatic heterocycles. The maximum absolute atomic E-state index is 12.7. The zero-order valence-corrected chi connectivity index (χ0v) is 13.7. The monoisotopic (exact) mass is 306 g/mol. The number of nitrogens with one attached hydrogen (secondary N) is 1. The van der Waals surface area contributed by atoms with Gasteiger partial charge in [-0.1, -0.05) is 33.1 Å². The first-order valence-corrected chi connectivity index (χ1v) is 8.39. The van der Waals surface area contributed by atoms with Crippen LogP contribution >= 0.6 is 0 Å². The van der Waals surface area contributed by atoms with Gasteiger partial charge in [-0.05, 0) is 29.6 Å². The van der Waals surface area contributed by atoms with Crippen molar-refractivity contribution in [3.63, 3.8) is 0 Å². The van der Waals surface area contributed by atoms with E-state index in [1.807, 2.05) is 0 Å². The summed E-state index contributed by atoms with van der Waals surface area (Å²) in [5.41, 5.74) is 0.124. The van der Waals surface area contributed by atoms with Crippen LogP contribution in [0.2, 0.25) is 0 Å². The Balaban J connectivity index is 1.66. The predicted molar refractivity (Wildman–Crippen MR) is 81.9 cm³/mol. The van der Waals surface area contributed by atoms with Crippen molar-refractivity contribution in [2.75, 3.05) is 6.54 Å². The second-order valence-corrected chi connectivity index (χ2v) is 7.85. The molecule has 1 N–H and O–H groups in total. The van der Waals surface area contributed by atoms with E-state index in [9.17, 15) is 14.4 Å². The van der Waals surface area contributed by atoms with E-state index >= 15 is 0 Å². The van der Waals surface area contributed by atoms with Crippen molar-refractivity contribution in [1.29, 1.82) is 0 Å². The first-order valence-electron chi connectivity index (χ1n) is 8.39. The Bertz CT molecular complexity index is 498. The predicted octanol–water partition coefficient (Wildman–Crippen LogP) is 1.36. The quantitative estimate of drug-likeness (QED) is 0.780. The summed E-state index contributed by atoms with van der Waals surface area (Å²) in [6.07, 6.45) is 5.11.